The van der Waals surface area contributed by atoms with E-state index < -0.39 is 0 Å². The maximum atomic E-state index is 9.91. The van der Waals surface area contributed by atoms with Gasteiger partial charge in [-0.25, -0.2) is 9.97 Å². The smallest absolute Gasteiger partial charge is 0.160 e. The molecule has 2 aromatic carbocycles. The summed E-state index contributed by atoms with van der Waals surface area (Å²) in [5.41, 5.74) is 6.38. The van der Waals surface area contributed by atoms with Crippen molar-refractivity contribution in [2.24, 2.45) is 7.05 Å². The second-order valence-corrected chi connectivity index (χ2v) is 6.78. The molecule has 0 saturated carbocycles. The summed E-state index contributed by atoms with van der Waals surface area (Å²) in [4.78, 5) is 9.76. The molecule has 2 aromatic heterocycles. The van der Waals surface area contributed by atoms with E-state index in [9.17, 15) is 5.11 Å². The average molecular weight is 358 g/mol. The number of aromatic nitrogens is 4. The predicted molar refractivity (Wildman–Crippen MR) is 108 cm³/mol. The third kappa shape index (κ3) is 3.05. The Hall–Kier alpha value is -3.21. The first-order valence-corrected chi connectivity index (χ1v) is 9.17. The summed E-state index contributed by atoms with van der Waals surface area (Å²) in [6.07, 6.45) is 1.88. The van der Waals surface area contributed by atoms with Crippen molar-refractivity contribution in [2.75, 3.05) is 0 Å². The number of hydrogen-bond acceptors (Lipinski definition) is 4. The lowest BCUT2D eigenvalue weighted by Gasteiger charge is -2.09. The van der Waals surface area contributed by atoms with E-state index >= 15 is 0 Å². The van der Waals surface area contributed by atoms with Crippen LogP contribution in [0.1, 0.15) is 24.6 Å². The lowest BCUT2D eigenvalue weighted by Crippen LogP contribution is -1.98. The monoisotopic (exact) mass is 358 g/mol. The average Bonchev–Trinajstić information content (AvgIpc) is 3.00. The molecular formula is C22H22N4O. The fourth-order valence-electron chi connectivity index (χ4n) is 3.37. The van der Waals surface area contributed by atoms with Crippen molar-refractivity contribution in [1.29, 1.82) is 0 Å². The number of aryl methyl sites for hydroxylation is 3. The van der Waals surface area contributed by atoms with Gasteiger partial charge in [-0.3, -0.25) is 4.68 Å². The van der Waals surface area contributed by atoms with Gasteiger partial charge in [0.1, 0.15) is 22.5 Å². The normalized spacial score (nSPS) is 11.2. The van der Waals surface area contributed by atoms with Crippen molar-refractivity contribution < 1.29 is 5.11 Å². The second kappa shape index (κ2) is 6.83. The fourth-order valence-corrected chi connectivity index (χ4v) is 3.37. The summed E-state index contributed by atoms with van der Waals surface area (Å²) < 4.78 is 1.87. The summed E-state index contributed by atoms with van der Waals surface area (Å²) in [6, 6.07) is 15.6. The van der Waals surface area contributed by atoms with Crippen LogP contribution in [-0.2, 0) is 13.5 Å². The number of fused-ring (bicyclic) bond motifs is 1. The van der Waals surface area contributed by atoms with Crippen molar-refractivity contribution >= 4 is 11.0 Å². The van der Waals surface area contributed by atoms with E-state index in [1.54, 1.807) is 6.07 Å². The molecule has 0 atom stereocenters. The van der Waals surface area contributed by atoms with Crippen LogP contribution in [0.25, 0.3) is 33.7 Å². The zero-order valence-corrected chi connectivity index (χ0v) is 15.8. The Labute approximate surface area is 158 Å². The van der Waals surface area contributed by atoms with Gasteiger partial charge in [0.05, 0.1) is 5.69 Å². The van der Waals surface area contributed by atoms with Gasteiger partial charge in [-0.2, -0.15) is 5.10 Å². The number of phenolic OH excluding ortho intramolecular Hbond substituents is 1. The summed E-state index contributed by atoms with van der Waals surface area (Å²) in [5, 5.41) is 14.6. The Morgan fingerprint density at radius 2 is 1.78 bits per heavy atom. The predicted octanol–water partition coefficient (Wildman–Crippen LogP) is 4.66. The number of hydrogen-bond donors (Lipinski definition) is 1. The quantitative estimate of drug-likeness (QED) is 0.576. The summed E-state index contributed by atoms with van der Waals surface area (Å²) in [7, 11) is 1.93. The van der Waals surface area contributed by atoms with Crippen LogP contribution in [0.15, 0.2) is 48.5 Å². The van der Waals surface area contributed by atoms with Crippen molar-refractivity contribution in [3.63, 3.8) is 0 Å². The fraction of sp³-hybridized carbons (Fsp3) is 0.227. The minimum absolute atomic E-state index is 0.281. The maximum absolute atomic E-state index is 9.91. The number of rotatable bonds is 4. The van der Waals surface area contributed by atoms with Crippen LogP contribution in [0.4, 0.5) is 0 Å². The van der Waals surface area contributed by atoms with Crippen LogP contribution in [-0.4, -0.2) is 24.9 Å². The van der Waals surface area contributed by atoms with Gasteiger partial charge in [0, 0.05) is 18.2 Å². The van der Waals surface area contributed by atoms with E-state index in [1.165, 1.54) is 0 Å². The van der Waals surface area contributed by atoms with Gasteiger partial charge in [-0.1, -0.05) is 43.7 Å². The van der Waals surface area contributed by atoms with Crippen molar-refractivity contribution in [1.82, 2.24) is 19.7 Å². The van der Waals surface area contributed by atoms with Gasteiger partial charge < -0.3 is 5.11 Å². The summed E-state index contributed by atoms with van der Waals surface area (Å²) >= 11 is 0. The zero-order valence-electron chi connectivity index (χ0n) is 15.8. The molecule has 0 amide bonds. The lowest BCUT2D eigenvalue weighted by molar-refractivity contribution is 0.471. The van der Waals surface area contributed by atoms with E-state index in [1.807, 2.05) is 61.1 Å². The highest BCUT2D eigenvalue weighted by Crippen LogP contribution is 2.32. The van der Waals surface area contributed by atoms with Gasteiger partial charge in [0.2, 0.25) is 0 Å². The minimum Gasteiger partial charge on any atom is -0.508 e. The van der Waals surface area contributed by atoms with Gasteiger partial charge in [0.15, 0.2) is 5.82 Å². The van der Waals surface area contributed by atoms with Gasteiger partial charge in [-0.05, 0) is 37.1 Å². The molecule has 0 fully saturated rings. The summed E-state index contributed by atoms with van der Waals surface area (Å²) in [5.74, 6) is 0.971. The van der Waals surface area contributed by atoms with E-state index in [0.29, 0.717) is 5.82 Å². The molecule has 0 aliphatic rings. The Morgan fingerprint density at radius 1 is 1.00 bits per heavy atom. The molecule has 0 aliphatic carbocycles. The lowest BCUT2D eigenvalue weighted by atomic mass is 10.1. The molecule has 1 N–H and O–H groups in total. The molecule has 0 bridgehead atoms. The molecule has 0 spiro atoms. The maximum Gasteiger partial charge on any atom is 0.160 e. The highest BCUT2D eigenvalue weighted by Gasteiger charge is 2.19. The number of nitrogens with zero attached hydrogens (tertiary/aromatic N) is 4. The molecule has 4 aromatic rings. The molecule has 0 radical (unpaired) electrons. The van der Waals surface area contributed by atoms with E-state index in [4.69, 9.17) is 15.1 Å². The van der Waals surface area contributed by atoms with Gasteiger partial charge in [-0.15, -0.1) is 0 Å². The first-order chi connectivity index (χ1) is 13.1. The molecule has 27 heavy (non-hydrogen) atoms. The molecule has 0 aliphatic heterocycles. The molecule has 2 heterocycles. The Morgan fingerprint density at radius 3 is 2.48 bits per heavy atom. The third-order valence-corrected chi connectivity index (χ3v) is 4.74. The highest BCUT2D eigenvalue weighted by atomic mass is 16.3. The van der Waals surface area contributed by atoms with Crippen LogP contribution in [0, 0.1) is 6.92 Å². The van der Waals surface area contributed by atoms with Gasteiger partial charge >= 0.3 is 0 Å². The van der Waals surface area contributed by atoms with Crippen LogP contribution >= 0.6 is 0 Å². The molecular weight excluding hydrogens is 336 g/mol. The largest absolute Gasteiger partial charge is 0.508 e. The molecule has 4 rings (SSSR count). The highest BCUT2D eigenvalue weighted by molar-refractivity contribution is 5.92. The van der Waals surface area contributed by atoms with E-state index in [0.717, 1.165) is 52.0 Å². The standard InChI is InChI=1S/C22H22N4O/c1-4-8-17-20-21(26(3)25-17)19(16-11-12-18(27)14(2)13-16)23-22(24-20)15-9-6-5-7-10-15/h5-7,9-13,27H,4,8H2,1-3H3. The third-order valence-electron chi connectivity index (χ3n) is 4.74. The Balaban J connectivity index is 2.04. The second-order valence-electron chi connectivity index (χ2n) is 6.78. The number of phenols is 1. The van der Waals surface area contributed by atoms with Crippen LogP contribution < -0.4 is 0 Å². The first kappa shape index (κ1) is 17.2. The van der Waals surface area contributed by atoms with Crippen molar-refractivity contribution in [3.8, 4) is 28.4 Å². The van der Waals surface area contributed by atoms with E-state index in [-0.39, 0.29) is 5.75 Å². The van der Waals surface area contributed by atoms with Crippen LogP contribution in [0.2, 0.25) is 0 Å². The SMILES string of the molecule is CCCc1nn(C)c2c(-c3ccc(O)c(C)c3)nc(-c3ccccc3)nc12. The number of benzene rings is 2. The van der Waals surface area contributed by atoms with E-state index in [2.05, 4.69) is 6.92 Å². The van der Waals surface area contributed by atoms with Gasteiger partial charge in [0.25, 0.3) is 0 Å². The number of aromatic hydroxyl groups is 1. The minimum atomic E-state index is 0.281. The molecule has 0 unspecified atom stereocenters. The Bertz CT molecular complexity index is 1120. The van der Waals surface area contributed by atoms with Crippen LogP contribution in [0.3, 0.4) is 0 Å². The van der Waals surface area contributed by atoms with Crippen LogP contribution in [0.5, 0.6) is 5.75 Å². The first-order valence-electron chi connectivity index (χ1n) is 9.17. The Kier molecular flexibility index (Phi) is 4.36. The van der Waals surface area contributed by atoms with Crippen molar-refractivity contribution in [3.05, 3.63) is 59.8 Å². The topological polar surface area (TPSA) is 63.8 Å². The molecule has 5 heteroatoms. The zero-order chi connectivity index (χ0) is 19.0. The summed E-state index contributed by atoms with van der Waals surface area (Å²) in [6.45, 7) is 4.03. The molecule has 0 saturated heterocycles. The molecule has 136 valence electrons. The van der Waals surface area contributed by atoms with Crippen molar-refractivity contribution in [2.45, 2.75) is 26.7 Å². The molecule has 5 nitrogen and oxygen atoms in total.